The van der Waals surface area contributed by atoms with E-state index in [2.05, 4.69) is 31.9 Å². The first-order chi connectivity index (χ1) is 42.5. The molecule has 0 radical (unpaired) electrons. The maximum absolute atomic E-state index is 12.8. The van der Waals surface area contributed by atoms with E-state index in [1.165, 1.54) is 0 Å². The third-order valence-corrected chi connectivity index (χ3v) is 12.8. The van der Waals surface area contributed by atoms with E-state index in [0.717, 1.165) is 38.5 Å². The van der Waals surface area contributed by atoms with E-state index in [9.17, 15) is 28.8 Å². The molecule has 0 rings (SSSR count). The molecule has 0 aromatic rings. The molecule has 0 saturated heterocycles. The Labute approximate surface area is 518 Å². The highest BCUT2D eigenvalue weighted by Gasteiger charge is 2.25. The standard InChI is InChI=1S/C58H118N12O17/c59-19-5-1-13-49(63)55(73)69-51(15-3-7-21-61)57(75)67-25-11-29-79-35-41-83-39-33-77-27-9-23-65-53(71)17-31-81-37-43-85-45-47-87-48-46-86-44-38-82-32-18-54(72)66-24-10-28-78-34-40-84-42-36-80-30-12-26-68-58(76)52(16-4-8-22-62)70-56(74)50(64)14-2-6-20-60/h49-52H,1-48,59-64H2,(H,65,71)(H,66,72)(H,67,75)(H,68,76)(H,69,73)(H,70,74)/t49-,50?,51?,52-/m0/s1. The van der Waals surface area contributed by atoms with Gasteiger partial charge in [0.1, 0.15) is 12.1 Å². The SMILES string of the molecule is NCCCCC(N)C(=O)N[C@@H](CCCCN)C(=O)NCCCOCCOCCOCCCNC(=O)CCOCCOCCOCCOCCOCCC(=O)NCCCOCCOCCOCCCNC(=O)C(CCCCN)NC(=O)[C@@H](N)CCCCN. The summed E-state index contributed by atoms with van der Waals surface area (Å²) in [5, 5.41) is 17.0. The minimum atomic E-state index is -0.683. The van der Waals surface area contributed by atoms with Crippen molar-refractivity contribution in [1.82, 2.24) is 31.9 Å². The van der Waals surface area contributed by atoms with Crippen LogP contribution >= 0.6 is 0 Å². The van der Waals surface area contributed by atoms with Gasteiger partial charge in [0.2, 0.25) is 35.4 Å². The van der Waals surface area contributed by atoms with Crippen LogP contribution in [0.3, 0.4) is 0 Å². The predicted molar refractivity (Wildman–Crippen MR) is 330 cm³/mol. The van der Waals surface area contributed by atoms with Gasteiger partial charge < -0.3 is 118 Å². The smallest absolute Gasteiger partial charge is 0.242 e. The first-order valence-corrected chi connectivity index (χ1v) is 31.9. The molecule has 0 aromatic heterocycles. The number of rotatable bonds is 68. The second-order valence-electron chi connectivity index (χ2n) is 20.4. The zero-order valence-corrected chi connectivity index (χ0v) is 52.7. The molecule has 512 valence electrons. The van der Waals surface area contributed by atoms with E-state index in [4.69, 9.17) is 86.5 Å². The molecule has 0 saturated carbocycles. The molecule has 0 spiro atoms. The van der Waals surface area contributed by atoms with Crippen LogP contribution in [-0.2, 0) is 80.9 Å². The number of nitrogens with two attached hydrogens (primary N) is 6. The van der Waals surface area contributed by atoms with Gasteiger partial charge in [0.15, 0.2) is 0 Å². The maximum Gasteiger partial charge on any atom is 0.242 e. The molecule has 18 N–H and O–H groups in total. The van der Waals surface area contributed by atoms with Crippen LogP contribution in [0, 0.1) is 0 Å². The Balaban J connectivity index is 3.53. The number of ether oxygens (including phenoxy) is 11. The van der Waals surface area contributed by atoms with Gasteiger partial charge in [-0.3, -0.25) is 28.8 Å². The van der Waals surface area contributed by atoms with Crippen molar-refractivity contribution in [1.29, 1.82) is 0 Å². The second kappa shape index (κ2) is 65.1. The number of nitrogens with one attached hydrogen (secondary N) is 6. The molecule has 0 fully saturated rings. The van der Waals surface area contributed by atoms with Crippen LogP contribution in [0.15, 0.2) is 0 Å². The quantitative estimate of drug-likeness (QED) is 0.0296. The van der Waals surface area contributed by atoms with Crippen molar-refractivity contribution in [2.24, 2.45) is 34.4 Å². The highest BCUT2D eigenvalue weighted by Crippen LogP contribution is 2.06. The van der Waals surface area contributed by atoms with Crippen LogP contribution in [0.5, 0.6) is 0 Å². The molecule has 87 heavy (non-hydrogen) atoms. The van der Waals surface area contributed by atoms with Gasteiger partial charge in [-0.25, -0.2) is 0 Å². The van der Waals surface area contributed by atoms with Crippen molar-refractivity contribution < 1.29 is 80.9 Å². The van der Waals surface area contributed by atoms with E-state index >= 15 is 0 Å². The topological polar surface area (TPSA) is 432 Å². The molecule has 0 aliphatic heterocycles. The number of unbranched alkanes of at least 4 members (excludes halogenated alkanes) is 4. The molecule has 0 aliphatic rings. The number of amides is 6. The van der Waals surface area contributed by atoms with Crippen LogP contribution in [0.25, 0.3) is 0 Å². The Morgan fingerprint density at radius 1 is 0.264 bits per heavy atom. The minimum Gasteiger partial charge on any atom is -0.379 e. The van der Waals surface area contributed by atoms with Crippen LogP contribution in [-0.4, -0.2) is 257 Å². The molecular formula is C58H118N12O17. The second-order valence-corrected chi connectivity index (χ2v) is 20.4. The lowest BCUT2D eigenvalue weighted by atomic mass is 10.1. The summed E-state index contributed by atoms with van der Waals surface area (Å²) in [6.45, 7) is 12.9. The molecule has 2 unspecified atom stereocenters. The van der Waals surface area contributed by atoms with Gasteiger partial charge in [0.25, 0.3) is 0 Å². The van der Waals surface area contributed by atoms with Crippen LogP contribution in [0.2, 0.25) is 0 Å². The Hall–Kier alpha value is -3.86. The summed E-state index contributed by atoms with van der Waals surface area (Å²) in [4.78, 5) is 74.8. The number of carbonyl (C=O) groups excluding carboxylic acids is 6. The number of carbonyl (C=O) groups is 6. The van der Waals surface area contributed by atoms with E-state index in [-0.39, 0.29) is 48.3 Å². The Morgan fingerprint density at radius 3 is 0.759 bits per heavy atom. The molecule has 0 bridgehead atoms. The summed E-state index contributed by atoms with van der Waals surface area (Å²) in [5.41, 5.74) is 34.3. The fraction of sp³-hybridized carbons (Fsp3) is 0.897. The lowest BCUT2D eigenvalue weighted by molar-refractivity contribution is -0.129. The van der Waals surface area contributed by atoms with E-state index in [0.29, 0.717) is 262 Å². The van der Waals surface area contributed by atoms with Gasteiger partial charge in [-0.15, -0.1) is 0 Å². The first-order valence-electron chi connectivity index (χ1n) is 31.9. The predicted octanol–water partition coefficient (Wildman–Crippen LogP) is -1.89. The number of hydrogen-bond acceptors (Lipinski definition) is 23. The van der Waals surface area contributed by atoms with Crippen molar-refractivity contribution in [3.05, 3.63) is 0 Å². The van der Waals surface area contributed by atoms with Gasteiger partial charge >= 0.3 is 0 Å². The Bertz CT molecular complexity index is 1510. The van der Waals surface area contributed by atoms with Crippen molar-refractivity contribution in [2.75, 3.05) is 198 Å². The highest BCUT2D eigenvalue weighted by atomic mass is 16.6. The van der Waals surface area contributed by atoms with Crippen molar-refractivity contribution in [2.45, 2.75) is 140 Å². The van der Waals surface area contributed by atoms with E-state index in [1.54, 1.807) is 0 Å². The lowest BCUT2D eigenvalue weighted by Gasteiger charge is -2.21. The zero-order chi connectivity index (χ0) is 63.7. The molecule has 0 aromatic carbocycles. The minimum absolute atomic E-state index is 0.0956. The third kappa shape index (κ3) is 57.1. The fourth-order valence-electron chi connectivity index (χ4n) is 7.75. The van der Waals surface area contributed by atoms with Gasteiger partial charge in [-0.05, 0) is 116 Å². The van der Waals surface area contributed by atoms with Crippen LogP contribution in [0.1, 0.15) is 116 Å². The van der Waals surface area contributed by atoms with Crippen LogP contribution in [0.4, 0.5) is 0 Å². The highest BCUT2D eigenvalue weighted by molar-refractivity contribution is 5.90. The normalized spacial score (nSPS) is 12.8. The molecule has 0 heterocycles. The maximum atomic E-state index is 12.8. The van der Waals surface area contributed by atoms with Crippen LogP contribution < -0.4 is 66.3 Å². The summed E-state index contributed by atoms with van der Waals surface area (Å²) < 4.78 is 60.9. The summed E-state index contributed by atoms with van der Waals surface area (Å²) in [7, 11) is 0. The largest absolute Gasteiger partial charge is 0.379 e. The summed E-state index contributed by atoms with van der Waals surface area (Å²) in [5.74, 6) is -1.37. The summed E-state index contributed by atoms with van der Waals surface area (Å²) in [6, 6.07) is -2.70. The molecule has 29 nitrogen and oxygen atoms in total. The molecule has 4 atom stereocenters. The first kappa shape index (κ1) is 83.1. The Morgan fingerprint density at radius 2 is 0.494 bits per heavy atom. The third-order valence-electron chi connectivity index (χ3n) is 12.8. The molecule has 0 aliphatic carbocycles. The van der Waals surface area contributed by atoms with Crippen molar-refractivity contribution >= 4 is 35.4 Å². The monoisotopic (exact) mass is 1250 g/mol. The van der Waals surface area contributed by atoms with Gasteiger partial charge in [0, 0.05) is 65.4 Å². The molecule has 29 heteroatoms. The summed E-state index contributed by atoms with van der Waals surface area (Å²) in [6.07, 6.45) is 11.1. The average molecular weight is 1260 g/mol. The van der Waals surface area contributed by atoms with Gasteiger partial charge in [-0.2, -0.15) is 0 Å². The van der Waals surface area contributed by atoms with E-state index in [1.807, 2.05) is 0 Å². The Kier molecular flexibility index (Phi) is 62.2. The van der Waals surface area contributed by atoms with Gasteiger partial charge in [0.05, 0.1) is 131 Å². The summed E-state index contributed by atoms with van der Waals surface area (Å²) >= 11 is 0. The fourth-order valence-corrected chi connectivity index (χ4v) is 7.75. The van der Waals surface area contributed by atoms with Crippen molar-refractivity contribution in [3.63, 3.8) is 0 Å². The van der Waals surface area contributed by atoms with Crippen molar-refractivity contribution in [3.8, 4) is 0 Å². The lowest BCUT2D eigenvalue weighted by Crippen LogP contribution is -2.51. The molecular weight excluding hydrogens is 1140 g/mol. The molecule has 6 amide bonds. The average Bonchev–Trinajstić information content (AvgIpc) is 3.68. The number of hydrogen-bond donors (Lipinski definition) is 12. The van der Waals surface area contributed by atoms with Gasteiger partial charge in [-0.1, -0.05) is 12.8 Å². The zero-order valence-electron chi connectivity index (χ0n) is 52.7. The van der Waals surface area contributed by atoms with E-state index < -0.39 is 24.2 Å².